The van der Waals surface area contributed by atoms with Crippen LogP contribution in [0, 0.1) is 0 Å². The van der Waals surface area contributed by atoms with E-state index in [1.54, 1.807) is 0 Å². The molecule has 0 aliphatic carbocycles. The number of nitrogens with zero attached hydrogens (tertiary/aromatic N) is 3. The Morgan fingerprint density at radius 2 is 0.578 bits per heavy atom. The highest BCUT2D eigenvalue weighted by Gasteiger charge is 2.20. The van der Waals surface area contributed by atoms with E-state index in [0.29, 0.717) is 0 Å². The molecule has 0 spiro atoms. The molecular formula is C42H27N3. The second kappa shape index (κ2) is 9.22. The molecule has 45 heavy (non-hydrogen) atoms. The number of aromatic nitrogens is 3. The van der Waals surface area contributed by atoms with Crippen molar-refractivity contribution in [3.05, 3.63) is 164 Å². The van der Waals surface area contributed by atoms with Crippen LogP contribution in [0.2, 0.25) is 0 Å². The minimum atomic E-state index is 1.16. The quantitative estimate of drug-likeness (QED) is 0.200. The lowest BCUT2D eigenvalue weighted by molar-refractivity contribution is 1.15. The third-order valence-corrected chi connectivity index (χ3v) is 9.41. The van der Waals surface area contributed by atoms with Gasteiger partial charge in [0.1, 0.15) is 0 Å². The van der Waals surface area contributed by atoms with Crippen molar-refractivity contribution >= 4 is 65.4 Å². The Hall–Kier alpha value is -6.06. The van der Waals surface area contributed by atoms with Gasteiger partial charge < -0.3 is 13.7 Å². The first kappa shape index (κ1) is 24.4. The molecule has 10 rings (SSSR count). The summed E-state index contributed by atoms with van der Waals surface area (Å²) in [4.78, 5) is 0. The van der Waals surface area contributed by atoms with E-state index in [2.05, 4.69) is 177 Å². The van der Waals surface area contributed by atoms with E-state index in [9.17, 15) is 0 Å². The first-order valence-corrected chi connectivity index (χ1v) is 15.5. The van der Waals surface area contributed by atoms with Gasteiger partial charge in [-0.2, -0.15) is 0 Å². The monoisotopic (exact) mass is 573 g/mol. The molecule has 3 aromatic heterocycles. The molecular weight excluding hydrogens is 546 g/mol. The average molecular weight is 574 g/mol. The summed E-state index contributed by atoms with van der Waals surface area (Å²) in [5, 5.41) is 7.54. The molecule has 0 saturated heterocycles. The summed E-state index contributed by atoms with van der Waals surface area (Å²) >= 11 is 0. The van der Waals surface area contributed by atoms with Crippen LogP contribution in [-0.2, 0) is 0 Å². The van der Waals surface area contributed by atoms with Gasteiger partial charge in [-0.25, -0.2) is 0 Å². The van der Waals surface area contributed by atoms with Gasteiger partial charge in [0.15, 0.2) is 0 Å². The Morgan fingerprint density at radius 3 is 1.09 bits per heavy atom. The number of para-hydroxylation sites is 5. The van der Waals surface area contributed by atoms with E-state index in [4.69, 9.17) is 0 Å². The van der Waals surface area contributed by atoms with E-state index in [-0.39, 0.29) is 0 Å². The number of fused-ring (bicyclic) bond motifs is 9. The predicted octanol–water partition coefficient (Wildman–Crippen LogP) is 11.0. The molecule has 0 bridgehead atoms. The molecule has 3 heterocycles. The van der Waals surface area contributed by atoms with Crippen LogP contribution in [0.15, 0.2) is 164 Å². The zero-order valence-electron chi connectivity index (χ0n) is 24.4. The lowest BCUT2D eigenvalue weighted by atomic mass is 10.1. The predicted molar refractivity (Wildman–Crippen MR) is 189 cm³/mol. The van der Waals surface area contributed by atoms with E-state index in [1.807, 2.05) is 0 Å². The van der Waals surface area contributed by atoms with Gasteiger partial charge in [0, 0.05) is 49.4 Å². The summed E-state index contributed by atoms with van der Waals surface area (Å²) in [6, 6.07) is 59.5. The van der Waals surface area contributed by atoms with Crippen molar-refractivity contribution in [3.63, 3.8) is 0 Å². The molecule has 0 fully saturated rings. The number of benzene rings is 7. The second-order valence-corrected chi connectivity index (χ2v) is 11.8. The topological polar surface area (TPSA) is 14.8 Å². The Labute approximate surface area is 259 Å². The largest absolute Gasteiger partial charge is 0.309 e. The molecule has 0 aliphatic rings. The lowest BCUT2D eigenvalue weighted by Gasteiger charge is -2.11. The third-order valence-electron chi connectivity index (χ3n) is 9.41. The van der Waals surface area contributed by atoms with Crippen LogP contribution >= 0.6 is 0 Å². The Balaban J connectivity index is 1.35. The number of rotatable bonds is 3. The van der Waals surface area contributed by atoms with Gasteiger partial charge in [-0.3, -0.25) is 0 Å². The third kappa shape index (κ3) is 3.41. The summed E-state index contributed by atoms with van der Waals surface area (Å²) in [6.45, 7) is 0. The SMILES string of the molecule is c1ccc(-n2c3ccccc3c3cc4c(cc32)c2ccc(-n3c5ccccc5c5ccccc53)cc2n4-c2ccccc2)cc1. The van der Waals surface area contributed by atoms with Crippen LogP contribution in [0.1, 0.15) is 0 Å². The fraction of sp³-hybridized carbons (Fsp3) is 0. The van der Waals surface area contributed by atoms with Crippen LogP contribution in [0.3, 0.4) is 0 Å². The smallest absolute Gasteiger partial charge is 0.0561 e. The maximum Gasteiger partial charge on any atom is 0.0561 e. The normalized spacial score (nSPS) is 12.0. The molecule has 0 aliphatic heterocycles. The van der Waals surface area contributed by atoms with E-state index in [1.165, 1.54) is 71.1 Å². The molecule has 0 unspecified atom stereocenters. The Kier molecular flexibility index (Phi) is 5.00. The van der Waals surface area contributed by atoms with Gasteiger partial charge in [-0.05, 0) is 66.7 Å². The molecule has 210 valence electrons. The highest BCUT2D eigenvalue weighted by molar-refractivity contribution is 6.19. The summed E-state index contributed by atoms with van der Waals surface area (Å²) in [5.41, 5.74) is 10.8. The summed E-state index contributed by atoms with van der Waals surface area (Å²) < 4.78 is 7.25. The van der Waals surface area contributed by atoms with Crippen molar-refractivity contribution in [2.45, 2.75) is 0 Å². The summed E-state index contributed by atoms with van der Waals surface area (Å²) in [6.07, 6.45) is 0. The van der Waals surface area contributed by atoms with Crippen molar-refractivity contribution in [2.24, 2.45) is 0 Å². The van der Waals surface area contributed by atoms with Crippen LogP contribution in [0.5, 0.6) is 0 Å². The first-order chi connectivity index (χ1) is 22.3. The van der Waals surface area contributed by atoms with Crippen molar-refractivity contribution in [2.75, 3.05) is 0 Å². The molecule has 10 aromatic rings. The van der Waals surface area contributed by atoms with Crippen molar-refractivity contribution in [1.29, 1.82) is 0 Å². The zero-order valence-corrected chi connectivity index (χ0v) is 24.4. The van der Waals surface area contributed by atoms with Gasteiger partial charge in [-0.1, -0.05) is 97.1 Å². The molecule has 0 saturated carbocycles. The average Bonchev–Trinajstić information content (AvgIpc) is 3.73. The Morgan fingerprint density at radius 1 is 0.222 bits per heavy atom. The van der Waals surface area contributed by atoms with E-state index >= 15 is 0 Å². The van der Waals surface area contributed by atoms with E-state index < -0.39 is 0 Å². The van der Waals surface area contributed by atoms with Crippen molar-refractivity contribution < 1.29 is 0 Å². The van der Waals surface area contributed by atoms with Crippen molar-refractivity contribution in [3.8, 4) is 17.1 Å². The fourth-order valence-corrected chi connectivity index (χ4v) is 7.52. The number of hydrogen-bond donors (Lipinski definition) is 0. The molecule has 3 nitrogen and oxygen atoms in total. The second-order valence-electron chi connectivity index (χ2n) is 11.8. The molecule has 0 radical (unpaired) electrons. The first-order valence-electron chi connectivity index (χ1n) is 15.5. The lowest BCUT2D eigenvalue weighted by Crippen LogP contribution is -1.96. The van der Waals surface area contributed by atoms with Crippen LogP contribution in [-0.4, -0.2) is 13.7 Å². The van der Waals surface area contributed by atoms with Gasteiger partial charge in [0.05, 0.1) is 33.1 Å². The maximum atomic E-state index is 2.44. The number of hydrogen-bond acceptors (Lipinski definition) is 0. The molecule has 0 N–H and O–H groups in total. The molecule has 7 aromatic carbocycles. The minimum Gasteiger partial charge on any atom is -0.309 e. The van der Waals surface area contributed by atoms with Gasteiger partial charge in [-0.15, -0.1) is 0 Å². The molecule has 0 atom stereocenters. The van der Waals surface area contributed by atoms with Gasteiger partial charge in [0.2, 0.25) is 0 Å². The van der Waals surface area contributed by atoms with Crippen LogP contribution < -0.4 is 0 Å². The molecule has 3 heteroatoms. The maximum absolute atomic E-state index is 2.44. The standard InChI is InChI=1S/C42H27N3/c1-3-13-28(14-4-1)43-39-22-12-9-19-33(39)35-26-42-36(27-41(35)43)34-24-23-30(25-40(34)44(42)29-15-5-2-6-16-29)45-37-20-10-7-17-31(37)32-18-8-11-21-38(32)45/h1-27H. The fourth-order valence-electron chi connectivity index (χ4n) is 7.52. The van der Waals surface area contributed by atoms with Gasteiger partial charge >= 0.3 is 0 Å². The van der Waals surface area contributed by atoms with E-state index in [0.717, 1.165) is 11.4 Å². The molecule has 0 amide bonds. The summed E-state index contributed by atoms with van der Waals surface area (Å²) in [7, 11) is 0. The van der Waals surface area contributed by atoms with Crippen LogP contribution in [0.25, 0.3) is 82.5 Å². The summed E-state index contributed by atoms with van der Waals surface area (Å²) in [5.74, 6) is 0. The van der Waals surface area contributed by atoms with Crippen molar-refractivity contribution in [1.82, 2.24) is 13.7 Å². The van der Waals surface area contributed by atoms with Crippen LogP contribution in [0.4, 0.5) is 0 Å². The van der Waals surface area contributed by atoms with Gasteiger partial charge in [0.25, 0.3) is 0 Å². The highest BCUT2D eigenvalue weighted by atomic mass is 15.0. The zero-order chi connectivity index (χ0) is 29.5. The highest BCUT2D eigenvalue weighted by Crippen LogP contribution is 2.41. The minimum absolute atomic E-state index is 1.16. The Bertz CT molecular complexity index is 2690.